The molecule has 1 unspecified atom stereocenters. The normalized spacial score (nSPS) is 11.2. The van der Waals surface area contributed by atoms with E-state index in [0.717, 1.165) is 0 Å². The minimum atomic E-state index is -1.36. The molecule has 49 heavy (non-hydrogen) atoms. The Hall–Kier alpha value is -5.90. The second-order valence-corrected chi connectivity index (χ2v) is 10.7. The molecule has 3 amide bonds. The Bertz CT molecular complexity index is 1810. The Labute approximate surface area is 283 Å². The van der Waals surface area contributed by atoms with Gasteiger partial charge in [0.15, 0.2) is 11.5 Å². The van der Waals surface area contributed by atoms with Crippen LogP contribution in [0.4, 0.5) is 31.2 Å². The fourth-order valence-electron chi connectivity index (χ4n) is 4.33. The molecule has 1 heterocycles. The number of hydrogen-bond donors (Lipinski definition) is 6. The zero-order valence-electron chi connectivity index (χ0n) is 26.0. The first-order chi connectivity index (χ1) is 23.5. The molecule has 0 saturated heterocycles. The maximum absolute atomic E-state index is 13.6. The third-order valence-electron chi connectivity index (χ3n) is 6.78. The molecule has 17 heteroatoms. The van der Waals surface area contributed by atoms with Crippen LogP contribution in [0.3, 0.4) is 0 Å². The summed E-state index contributed by atoms with van der Waals surface area (Å²) < 4.78 is 30.2. The maximum atomic E-state index is 13.6. The van der Waals surface area contributed by atoms with Crippen molar-refractivity contribution in [2.45, 2.75) is 31.9 Å². The van der Waals surface area contributed by atoms with Gasteiger partial charge in [-0.3, -0.25) is 4.79 Å². The number of aromatic nitrogens is 2. The van der Waals surface area contributed by atoms with Gasteiger partial charge in [-0.05, 0) is 54.8 Å². The van der Waals surface area contributed by atoms with E-state index >= 15 is 0 Å². The van der Waals surface area contributed by atoms with Crippen molar-refractivity contribution in [3.8, 4) is 11.5 Å². The van der Waals surface area contributed by atoms with Gasteiger partial charge in [0.05, 0.1) is 24.3 Å². The van der Waals surface area contributed by atoms with E-state index in [-0.39, 0.29) is 31.2 Å². The lowest BCUT2D eigenvalue weighted by molar-refractivity contribution is -0.140. The number of ether oxygens (including phenoxy) is 3. The Morgan fingerprint density at radius 2 is 1.73 bits per heavy atom. The predicted molar refractivity (Wildman–Crippen MR) is 176 cm³/mol. The molecule has 258 valence electrons. The Kier molecular flexibility index (Phi) is 12.7. The molecule has 0 saturated carbocycles. The smallest absolute Gasteiger partial charge is 0.407 e. The van der Waals surface area contributed by atoms with Crippen molar-refractivity contribution < 1.29 is 48.0 Å². The highest BCUT2D eigenvalue weighted by molar-refractivity contribution is 6.31. The number of carbonyl (C=O) groups excluding carboxylic acids is 2. The Morgan fingerprint density at radius 1 is 0.980 bits per heavy atom. The Balaban J connectivity index is 1.21. The van der Waals surface area contributed by atoms with Crippen LogP contribution in [0, 0.1) is 5.82 Å². The summed E-state index contributed by atoms with van der Waals surface area (Å²) in [5.41, 5.74) is 2.07. The van der Waals surface area contributed by atoms with Gasteiger partial charge in [0, 0.05) is 35.8 Å². The number of carboxylic acid groups (broad SMARTS) is 2. The van der Waals surface area contributed by atoms with Gasteiger partial charge in [0.25, 0.3) is 0 Å². The quantitative estimate of drug-likeness (QED) is 0.0823. The highest BCUT2D eigenvalue weighted by Gasteiger charge is 2.21. The van der Waals surface area contributed by atoms with Gasteiger partial charge in [0.2, 0.25) is 0 Å². The second-order valence-electron chi connectivity index (χ2n) is 10.3. The number of methoxy groups -OCH3 is 1. The standard InChI is InChI=1S/C32H32ClFN6O9/c1-47-26-15-25-21(29(37-17-36-25)38-20-7-8-23(34)22(33)13-20)14-27(26)48-12-2-11-35-32(46)49-16-18-3-5-19(6-4-18)39-31(45)40-24(30(43)44)9-10-28(41)42/h3-8,13-15,17,24H,2,9-12,16H2,1H3,(H,35,46)(H,41,42)(H,43,44)(H,36,37,38)(H2,39,40,45). The van der Waals surface area contributed by atoms with Crippen molar-refractivity contribution >= 4 is 63.8 Å². The van der Waals surface area contributed by atoms with Crippen molar-refractivity contribution in [2.75, 3.05) is 30.9 Å². The summed E-state index contributed by atoms with van der Waals surface area (Å²) >= 11 is 5.91. The number of carboxylic acids is 2. The Morgan fingerprint density at radius 3 is 2.43 bits per heavy atom. The predicted octanol–water partition coefficient (Wildman–Crippen LogP) is 5.31. The molecular weight excluding hydrogens is 667 g/mol. The first-order valence-corrected chi connectivity index (χ1v) is 15.1. The lowest BCUT2D eigenvalue weighted by Gasteiger charge is -2.14. The van der Waals surface area contributed by atoms with Crippen LogP contribution in [0.1, 0.15) is 24.8 Å². The van der Waals surface area contributed by atoms with Crippen molar-refractivity contribution in [3.05, 3.63) is 77.3 Å². The first-order valence-electron chi connectivity index (χ1n) is 14.7. The van der Waals surface area contributed by atoms with E-state index in [1.807, 2.05) is 0 Å². The van der Waals surface area contributed by atoms with E-state index in [0.29, 0.717) is 51.6 Å². The number of benzene rings is 3. The second kappa shape index (κ2) is 17.3. The summed E-state index contributed by atoms with van der Waals surface area (Å²) in [5, 5.41) is 28.9. The topological polar surface area (TPSA) is 210 Å². The van der Waals surface area contributed by atoms with Crippen LogP contribution in [-0.4, -0.2) is 70.5 Å². The van der Waals surface area contributed by atoms with Gasteiger partial charge in [-0.1, -0.05) is 23.7 Å². The van der Waals surface area contributed by atoms with Crippen molar-refractivity contribution in [1.82, 2.24) is 20.6 Å². The number of hydrogen-bond acceptors (Lipinski definition) is 10. The fraction of sp³-hybridized carbons (Fsp3) is 0.250. The number of fused-ring (bicyclic) bond motifs is 1. The third-order valence-corrected chi connectivity index (χ3v) is 7.07. The molecule has 0 spiro atoms. The van der Waals surface area contributed by atoms with Crippen LogP contribution in [0.25, 0.3) is 10.9 Å². The number of aliphatic carboxylic acids is 2. The number of rotatable bonds is 16. The molecular formula is C32H32ClFN6O9. The average molecular weight is 699 g/mol. The van der Waals surface area contributed by atoms with E-state index in [2.05, 4.69) is 31.2 Å². The number of alkyl carbamates (subject to hydrolysis) is 1. The number of anilines is 3. The summed E-state index contributed by atoms with van der Waals surface area (Å²) in [4.78, 5) is 54.9. The minimum Gasteiger partial charge on any atom is -0.493 e. The molecule has 0 fully saturated rings. The SMILES string of the molecule is COc1cc2ncnc(Nc3ccc(F)c(Cl)c3)c2cc1OCCCNC(=O)OCc1ccc(NC(=O)NC(CCC(=O)O)C(=O)O)cc1. The molecule has 3 aromatic carbocycles. The molecule has 0 bridgehead atoms. The van der Waals surface area contributed by atoms with Gasteiger partial charge in [-0.15, -0.1) is 0 Å². The van der Waals surface area contributed by atoms with Gasteiger partial charge in [-0.25, -0.2) is 28.7 Å². The molecule has 0 aliphatic rings. The van der Waals surface area contributed by atoms with Crippen LogP contribution in [0.5, 0.6) is 11.5 Å². The van der Waals surface area contributed by atoms with E-state index in [1.165, 1.54) is 43.8 Å². The zero-order chi connectivity index (χ0) is 35.3. The molecule has 1 aromatic heterocycles. The first kappa shape index (κ1) is 35.9. The summed E-state index contributed by atoms with van der Waals surface area (Å²) in [7, 11) is 1.50. The number of carbonyl (C=O) groups is 4. The largest absolute Gasteiger partial charge is 0.493 e. The van der Waals surface area contributed by atoms with Crippen LogP contribution in [0.2, 0.25) is 5.02 Å². The van der Waals surface area contributed by atoms with Gasteiger partial charge in [-0.2, -0.15) is 0 Å². The molecule has 6 N–H and O–H groups in total. The number of nitrogens with one attached hydrogen (secondary N) is 4. The van der Waals surface area contributed by atoms with E-state index in [4.69, 9.17) is 36.0 Å². The summed E-state index contributed by atoms with van der Waals surface area (Å²) in [6, 6.07) is 11.7. The minimum absolute atomic E-state index is 0.0368. The lowest BCUT2D eigenvalue weighted by atomic mass is 10.1. The van der Waals surface area contributed by atoms with E-state index in [1.54, 1.807) is 24.3 Å². The molecule has 4 aromatic rings. The third kappa shape index (κ3) is 10.8. The average Bonchev–Trinajstić information content (AvgIpc) is 3.07. The fourth-order valence-corrected chi connectivity index (χ4v) is 4.51. The highest BCUT2D eigenvalue weighted by Crippen LogP contribution is 2.35. The number of halogens is 2. The maximum Gasteiger partial charge on any atom is 0.407 e. The van der Waals surface area contributed by atoms with Crippen LogP contribution >= 0.6 is 11.6 Å². The number of amides is 3. The zero-order valence-corrected chi connectivity index (χ0v) is 26.8. The molecule has 15 nitrogen and oxygen atoms in total. The van der Waals surface area contributed by atoms with Crippen molar-refractivity contribution in [2.24, 2.45) is 0 Å². The van der Waals surface area contributed by atoms with Crippen molar-refractivity contribution in [1.29, 1.82) is 0 Å². The van der Waals surface area contributed by atoms with Gasteiger partial charge >= 0.3 is 24.1 Å². The summed E-state index contributed by atoms with van der Waals surface area (Å²) in [6.45, 7) is 0.417. The van der Waals surface area contributed by atoms with Gasteiger partial charge in [0.1, 0.15) is 30.6 Å². The summed E-state index contributed by atoms with van der Waals surface area (Å²) in [6.07, 6.45) is 0.474. The number of nitrogens with zero attached hydrogens (tertiary/aromatic N) is 2. The molecule has 0 aliphatic carbocycles. The molecule has 0 radical (unpaired) electrons. The molecule has 1 atom stereocenters. The van der Waals surface area contributed by atoms with Gasteiger partial charge < -0.3 is 45.7 Å². The monoisotopic (exact) mass is 698 g/mol. The van der Waals surface area contributed by atoms with Crippen LogP contribution in [0.15, 0.2) is 60.9 Å². The summed E-state index contributed by atoms with van der Waals surface area (Å²) in [5.74, 6) is -1.77. The molecule has 4 rings (SSSR count). The molecule has 0 aliphatic heterocycles. The highest BCUT2D eigenvalue weighted by atomic mass is 35.5. The lowest BCUT2D eigenvalue weighted by Crippen LogP contribution is -2.43. The van der Waals surface area contributed by atoms with Crippen LogP contribution < -0.4 is 30.7 Å². The van der Waals surface area contributed by atoms with Crippen LogP contribution in [-0.2, 0) is 20.9 Å². The van der Waals surface area contributed by atoms with Crippen molar-refractivity contribution in [3.63, 3.8) is 0 Å². The van der Waals surface area contributed by atoms with E-state index < -0.39 is 42.3 Å². The number of urea groups is 1. The van der Waals surface area contributed by atoms with E-state index in [9.17, 15) is 23.6 Å².